The molecule has 2 heteroatoms. The van der Waals surface area contributed by atoms with E-state index in [0.29, 0.717) is 12.0 Å². The molecule has 1 nitrogen and oxygen atoms in total. The average Bonchev–Trinajstić information content (AvgIpc) is 2.51. The molecule has 0 spiro atoms. The van der Waals surface area contributed by atoms with Gasteiger partial charge in [-0.1, -0.05) is 6.92 Å². The van der Waals surface area contributed by atoms with Crippen molar-refractivity contribution in [3.8, 4) is 0 Å². The van der Waals surface area contributed by atoms with Crippen LogP contribution in [0.5, 0.6) is 0 Å². The van der Waals surface area contributed by atoms with Crippen LogP contribution in [0.15, 0.2) is 5.38 Å². The lowest BCUT2D eigenvalue weighted by molar-refractivity contribution is 0.299. The summed E-state index contributed by atoms with van der Waals surface area (Å²) in [5, 5.41) is 2.29. The van der Waals surface area contributed by atoms with E-state index >= 15 is 0 Å². The first kappa shape index (κ1) is 11.2. The molecule has 0 aromatic carbocycles. The average molecular weight is 223 g/mol. The number of aryl methyl sites for hydroxylation is 2. The SMILES string of the molecule is Cc1csc(C)c1C1CC(N)CCC1C. The molecule has 2 N–H and O–H groups in total. The lowest BCUT2D eigenvalue weighted by atomic mass is 9.74. The molecule has 0 saturated heterocycles. The van der Waals surface area contributed by atoms with Crippen LogP contribution in [0.1, 0.15) is 48.1 Å². The minimum atomic E-state index is 0.421. The Morgan fingerprint density at radius 3 is 2.67 bits per heavy atom. The standard InChI is InChI=1S/C13H21NS/c1-8-4-5-11(14)6-12(8)13-9(2)7-15-10(13)3/h7-8,11-12H,4-6,14H2,1-3H3. The van der Waals surface area contributed by atoms with Gasteiger partial charge in [0.05, 0.1) is 0 Å². The van der Waals surface area contributed by atoms with Gasteiger partial charge in [0, 0.05) is 10.9 Å². The molecule has 0 bridgehead atoms. The van der Waals surface area contributed by atoms with Crippen LogP contribution < -0.4 is 5.73 Å². The molecule has 0 radical (unpaired) electrons. The van der Waals surface area contributed by atoms with E-state index in [4.69, 9.17) is 5.73 Å². The highest BCUT2D eigenvalue weighted by atomic mass is 32.1. The van der Waals surface area contributed by atoms with Crippen molar-refractivity contribution in [2.75, 3.05) is 0 Å². The molecule has 2 rings (SSSR count). The smallest absolute Gasteiger partial charge is 0.00518 e. The van der Waals surface area contributed by atoms with Gasteiger partial charge in [-0.2, -0.15) is 0 Å². The van der Waals surface area contributed by atoms with Crippen LogP contribution in [0.2, 0.25) is 0 Å². The quantitative estimate of drug-likeness (QED) is 0.773. The third kappa shape index (κ3) is 2.11. The van der Waals surface area contributed by atoms with Crippen LogP contribution in [0.4, 0.5) is 0 Å². The summed E-state index contributed by atoms with van der Waals surface area (Å²) < 4.78 is 0. The van der Waals surface area contributed by atoms with Crippen molar-refractivity contribution >= 4 is 11.3 Å². The summed E-state index contributed by atoms with van der Waals surface area (Å²) in [5.74, 6) is 1.51. The number of thiophene rings is 1. The van der Waals surface area contributed by atoms with Gasteiger partial charge >= 0.3 is 0 Å². The van der Waals surface area contributed by atoms with Crippen LogP contribution in [0.3, 0.4) is 0 Å². The van der Waals surface area contributed by atoms with Crippen molar-refractivity contribution in [1.29, 1.82) is 0 Å². The van der Waals surface area contributed by atoms with Crippen LogP contribution in [0.25, 0.3) is 0 Å². The highest BCUT2D eigenvalue weighted by molar-refractivity contribution is 7.10. The predicted octanol–water partition coefficient (Wildman–Crippen LogP) is 3.60. The Hall–Kier alpha value is -0.340. The molecular weight excluding hydrogens is 202 g/mol. The van der Waals surface area contributed by atoms with Crippen molar-refractivity contribution in [3.63, 3.8) is 0 Å². The Balaban J connectivity index is 2.28. The van der Waals surface area contributed by atoms with E-state index in [1.807, 2.05) is 11.3 Å². The Morgan fingerprint density at radius 2 is 2.07 bits per heavy atom. The summed E-state index contributed by atoms with van der Waals surface area (Å²) in [7, 11) is 0. The second-order valence-electron chi connectivity index (χ2n) is 5.05. The van der Waals surface area contributed by atoms with E-state index in [1.54, 1.807) is 5.56 Å². The predicted molar refractivity (Wildman–Crippen MR) is 67.5 cm³/mol. The lowest BCUT2D eigenvalue weighted by Gasteiger charge is -2.33. The molecule has 1 saturated carbocycles. The molecule has 1 aromatic heterocycles. The second kappa shape index (κ2) is 4.26. The van der Waals surface area contributed by atoms with Gasteiger partial charge < -0.3 is 5.73 Å². The van der Waals surface area contributed by atoms with Crippen molar-refractivity contribution in [3.05, 3.63) is 21.4 Å². The van der Waals surface area contributed by atoms with Crippen LogP contribution >= 0.6 is 11.3 Å². The molecule has 0 aliphatic heterocycles. The Morgan fingerprint density at radius 1 is 1.33 bits per heavy atom. The van der Waals surface area contributed by atoms with Gasteiger partial charge in [-0.05, 0) is 61.5 Å². The summed E-state index contributed by atoms with van der Waals surface area (Å²) in [6.07, 6.45) is 3.68. The molecule has 3 unspecified atom stereocenters. The summed E-state index contributed by atoms with van der Waals surface area (Å²) in [5.41, 5.74) is 9.17. The van der Waals surface area contributed by atoms with Crippen LogP contribution in [-0.4, -0.2) is 6.04 Å². The van der Waals surface area contributed by atoms with Gasteiger partial charge in [-0.25, -0.2) is 0 Å². The van der Waals surface area contributed by atoms with E-state index in [0.717, 1.165) is 5.92 Å². The maximum absolute atomic E-state index is 6.10. The largest absolute Gasteiger partial charge is 0.328 e. The number of rotatable bonds is 1. The van der Waals surface area contributed by atoms with Gasteiger partial charge in [0.25, 0.3) is 0 Å². The molecule has 84 valence electrons. The zero-order valence-corrected chi connectivity index (χ0v) is 10.7. The third-order valence-corrected chi connectivity index (χ3v) is 4.87. The third-order valence-electron chi connectivity index (χ3n) is 3.82. The maximum Gasteiger partial charge on any atom is 0.00518 e. The van der Waals surface area contributed by atoms with E-state index in [2.05, 4.69) is 26.2 Å². The minimum Gasteiger partial charge on any atom is -0.328 e. The fraction of sp³-hybridized carbons (Fsp3) is 0.692. The maximum atomic E-state index is 6.10. The molecular formula is C13H21NS. The Bertz CT molecular complexity index is 323. The first-order chi connectivity index (χ1) is 7.09. The van der Waals surface area contributed by atoms with Crippen molar-refractivity contribution in [2.24, 2.45) is 11.7 Å². The van der Waals surface area contributed by atoms with Gasteiger partial charge in [-0.3, -0.25) is 0 Å². The van der Waals surface area contributed by atoms with Gasteiger partial charge in [-0.15, -0.1) is 11.3 Å². The number of nitrogens with two attached hydrogens (primary N) is 1. The van der Waals surface area contributed by atoms with E-state index in [-0.39, 0.29) is 0 Å². The lowest BCUT2D eigenvalue weighted by Crippen LogP contribution is -2.31. The van der Waals surface area contributed by atoms with Gasteiger partial charge in [0.1, 0.15) is 0 Å². The molecule has 1 heterocycles. The summed E-state index contributed by atoms with van der Waals surface area (Å²) in [6.45, 7) is 6.87. The first-order valence-electron chi connectivity index (χ1n) is 5.89. The zero-order valence-electron chi connectivity index (χ0n) is 9.92. The van der Waals surface area contributed by atoms with Crippen molar-refractivity contribution in [2.45, 2.75) is 52.0 Å². The summed E-state index contributed by atoms with van der Waals surface area (Å²) >= 11 is 1.89. The summed E-state index contributed by atoms with van der Waals surface area (Å²) in [6, 6.07) is 0.421. The number of hydrogen-bond acceptors (Lipinski definition) is 2. The van der Waals surface area contributed by atoms with Gasteiger partial charge in [0.2, 0.25) is 0 Å². The van der Waals surface area contributed by atoms with E-state index < -0.39 is 0 Å². The van der Waals surface area contributed by atoms with Gasteiger partial charge in [0.15, 0.2) is 0 Å². The Labute approximate surface area is 96.7 Å². The van der Waals surface area contributed by atoms with Crippen molar-refractivity contribution in [1.82, 2.24) is 0 Å². The normalized spacial score (nSPS) is 31.9. The molecule has 3 atom stereocenters. The highest BCUT2D eigenvalue weighted by Gasteiger charge is 2.29. The highest BCUT2D eigenvalue weighted by Crippen LogP contribution is 2.41. The second-order valence-corrected chi connectivity index (χ2v) is 6.13. The topological polar surface area (TPSA) is 26.0 Å². The molecule has 1 aromatic rings. The fourth-order valence-corrected chi connectivity index (χ4v) is 3.81. The number of hydrogen-bond donors (Lipinski definition) is 1. The van der Waals surface area contributed by atoms with Crippen molar-refractivity contribution < 1.29 is 0 Å². The molecule has 1 fully saturated rings. The zero-order chi connectivity index (χ0) is 11.0. The minimum absolute atomic E-state index is 0.421. The molecule has 1 aliphatic carbocycles. The monoisotopic (exact) mass is 223 g/mol. The Kier molecular flexibility index (Phi) is 3.17. The summed E-state index contributed by atoms with van der Waals surface area (Å²) in [4.78, 5) is 1.50. The van der Waals surface area contributed by atoms with E-state index in [9.17, 15) is 0 Å². The van der Waals surface area contributed by atoms with E-state index in [1.165, 1.54) is 29.7 Å². The molecule has 15 heavy (non-hydrogen) atoms. The molecule has 1 aliphatic rings. The molecule has 0 amide bonds. The fourth-order valence-electron chi connectivity index (χ4n) is 2.89. The van der Waals surface area contributed by atoms with Crippen LogP contribution in [0, 0.1) is 19.8 Å². The van der Waals surface area contributed by atoms with Crippen LogP contribution in [-0.2, 0) is 0 Å². The first-order valence-corrected chi connectivity index (χ1v) is 6.77.